The number of aromatic hydroxyl groups is 2. The van der Waals surface area contributed by atoms with E-state index in [4.69, 9.17) is 8.83 Å². The van der Waals surface area contributed by atoms with Crippen LogP contribution in [0, 0.1) is 0 Å². The lowest BCUT2D eigenvalue weighted by atomic mass is 9.88. The molecule has 5 aromatic rings. The Hall–Kier alpha value is -5.78. The van der Waals surface area contributed by atoms with Gasteiger partial charge >= 0.3 is 11.9 Å². The molecule has 0 aliphatic heterocycles. The fourth-order valence-electron chi connectivity index (χ4n) is 4.76. The van der Waals surface area contributed by atoms with Crippen molar-refractivity contribution in [2.45, 2.75) is 13.8 Å². The zero-order valence-electron chi connectivity index (χ0n) is 20.5. The van der Waals surface area contributed by atoms with Crippen molar-refractivity contribution in [1.29, 1.82) is 0 Å². The van der Waals surface area contributed by atoms with Crippen LogP contribution in [0.2, 0.25) is 0 Å². The summed E-state index contributed by atoms with van der Waals surface area (Å²) in [5.41, 5.74) is -5.63. The first-order valence-corrected chi connectivity index (χ1v) is 11.4. The van der Waals surface area contributed by atoms with Crippen molar-refractivity contribution in [1.82, 2.24) is 0 Å². The summed E-state index contributed by atoms with van der Waals surface area (Å²) in [6, 6.07) is 4.99. The van der Waals surface area contributed by atoms with Gasteiger partial charge in [-0.15, -0.1) is 0 Å². The first kappa shape index (κ1) is 25.9. The second-order valence-corrected chi connectivity index (χ2v) is 8.88. The third-order valence-corrected chi connectivity index (χ3v) is 6.42. The SMILES string of the molecule is CC(=O)c1cc2c(=O)c3c(C(=O)O)c(O)ccc3oc2c(C(C)=O)c1-c1coc2cc(O)cc(C(=O)O)c2c1=O. The van der Waals surface area contributed by atoms with Gasteiger partial charge in [-0.3, -0.25) is 19.2 Å². The molecule has 0 aliphatic carbocycles. The van der Waals surface area contributed by atoms with Crippen molar-refractivity contribution in [3.8, 4) is 22.6 Å². The molecule has 2 aromatic heterocycles. The van der Waals surface area contributed by atoms with Crippen LogP contribution in [-0.2, 0) is 0 Å². The Labute approximate surface area is 220 Å². The highest BCUT2D eigenvalue weighted by Crippen LogP contribution is 2.37. The highest BCUT2D eigenvalue weighted by Gasteiger charge is 2.29. The molecule has 3 aromatic carbocycles. The van der Waals surface area contributed by atoms with Crippen LogP contribution in [0.15, 0.2) is 55.0 Å². The Morgan fingerprint density at radius 3 is 2.05 bits per heavy atom. The molecule has 0 aliphatic rings. The van der Waals surface area contributed by atoms with Crippen molar-refractivity contribution >= 4 is 56.4 Å². The monoisotopic (exact) mass is 544 g/mol. The lowest BCUT2D eigenvalue weighted by Crippen LogP contribution is -2.16. The number of fused-ring (bicyclic) bond motifs is 3. The van der Waals surface area contributed by atoms with Crippen molar-refractivity contribution < 1.29 is 48.4 Å². The summed E-state index contributed by atoms with van der Waals surface area (Å²) < 4.78 is 11.2. The number of carbonyl (C=O) groups excluding carboxylic acids is 2. The molecule has 4 N–H and O–H groups in total. The van der Waals surface area contributed by atoms with E-state index in [1.807, 2.05) is 0 Å². The molecule has 0 bridgehead atoms. The molecule has 200 valence electrons. The summed E-state index contributed by atoms with van der Waals surface area (Å²) in [6.45, 7) is 2.17. The largest absolute Gasteiger partial charge is 0.508 e. The molecule has 0 fully saturated rings. The van der Waals surface area contributed by atoms with Crippen LogP contribution in [0.5, 0.6) is 11.5 Å². The van der Waals surface area contributed by atoms with Crippen molar-refractivity contribution in [3.63, 3.8) is 0 Å². The van der Waals surface area contributed by atoms with Crippen LogP contribution >= 0.6 is 0 Å². The predicted molar refractivity (Wildman–Crippen MR) is 139 cm³/mol. The number of phenols is 2. The zero-order valence-corrected chi connectivity index (χ0v) is 20.5. The maximum absolute atomic E-state index is 13.7. The quantitative estimate of drug-likeness (QED) is 0.183. The average molecular weight is 544 g/mol. The Bertz CT molecular complexity index is 2130. The fourth-order valence-corrected chi connectivity index (χ4v) is 4.76. The Kier molecular flexibility index (Phi) is 5.76. The van der Waals surface area contributed by atoms with Crippen LogP contribution in [0.25, 0.3) is 44.0 Å². The first-order valence-electron chi connectivity index (χ1n) is 11.4. The Morgan fingerprint density at radius 1 is 0.750 bits per heavy atom. The van der Waals surface area contributed by atoms with Gasteiger partial charge in [0.25, 0.3) is 0 Å². The number of Topliss-reactive ketones (excluding diaryl/α,β-unsaturated/α-hetero) is 2. The highest BCUT2D eigenvalue weighted by atomic mass is 16.4. The van der Waals surface area contributed by atoms with Crippen LogP contribution < -0.4 is 10.9 Å². The third-order valence-electron chi connectivity index (χ3n) is 6.42. The maximum atomic E-state index is 13.7. The Morgan fingerprint density at radius 2 is 1.45 bits per heavy atom. The van der Waals surface area contributed by atoms with Gasteiger partial charge in [0.1, 0.15) is 40.1 Å². The molecule has 12 heteroatoms. The summed E-state index contributed by atoms with van der Waals surface area (Å²) in [5, 5.41) is 37.8. The van der Waals surface area contributed by atoms with Gasteiger partial charge in [-0.05, 0) is 38.1 Å². The van der Waals surface area contributed by atoms with Crippen molar-refractivity contribution in [2.75, 3.05) is 0 Å². The van der Waals surface area contributed by atoms with E-state index >= 15 is 0 Å². The summed E-state index contributed by atoms with van der Waals surface area (Å²) in [7, 11) is 0. The van der Waals surface area contributed by atoms with Crippen LogP contribution in [-0.4, -0.2) is 43.9 Å². The third kappa shape index (κ3) is 3.69. The van der Waals surface area contributed by atoms with Crippen molar-refractivity contribution in [3.05, 3.63) is 79.3 Å². The maximum Gasteiger partial charge on any atom is 0.340 e. The van der Waals surface area contributed by atoms with Gasteiger partial charge in [-0.2, -0.15) is 0 Å². The van der Waals surface area contributed by atoms with Crippen LogP contribution in [0.1, 0.15) is 55.3 Å². The number of carbonyl (C=O) groups is 4. The molecular weight excluding hydrogens is 528 g/mol. The molecule has 2 heterocycles. The normalized spacial score (nSPS) is 11.2. The molecule has 0 spiro atoms. The van der Waals surface area contributed by atoms with E-state index in [2.05, 4.69) is 0 Å². The van der Waals surface area contributed by atoms with E-state index in [1.54, 1.807) is 0 Å². The molecule has 0 unspecified atom stereocenters. The molecular formula is C28H16O12. The van der Waals surface area contributed by atoms with E-state index in [0.29, 0.717) is 0 Å². The average Bonchev–Trinajstić information content (AvgIpc) is 2.87. The highest BCUT2D eigenvalue weighted by molar-refractivity contribution is 6.18. The molecule has 0 saturated carbocycles. The number of hydrogen-bond acceptors (Lipinski definition) is 10. The second kappa shape index (κ2) is 8.91. The first-order chi connectivity index (χ1) is 18.8. The van der Waals surface area contributed by atoms with E-state index in [1.165, 1.54) is 0 Å². The van der Waals surface area contributed by atoms with Gasteiger partial charge in [0.05, 0.1) is 32.8 Å². The van der Waals surface area contributed by atoms with Gasteiger partial charge < -0.3 is 29.3 Å². The Balaban J connectivity index is 2.03. The van der Waals surface area contributed by atoms with Crippen molar-refractivity contribution in [2.24, 2.45) is 0 Å². The number of benzene rings is 3. The molecule has 12 nitrogen and oxygen atoms in total. The summed E-state index contributed by atoms with van der Waals surface area (Å²) in [5.74, 6) is -5.85. The minimum absolute atomic E-state index is 0.278. The van der Waals surface area contributed by atoms with Gasteiger partial charge in [-0.25, -0.2) is 9.59 Å². The predicted octanol–water partition coefficient (Wildman–Crippen LogP) is 3.93. The smallest absolute Gasteiger partial charge is 0.340 e. The van der Waals surface area contributed by atoms with E-state index in [-0.39, 0.29) is 33.3 Å². The fraction of sp³-hybridized carbons (Fsp3) is 0.0714. The van der Waals surface area contributed by atoms with E-state index in [0.717, 1.165) is 50.4 Å². The summed E-state index contributed by atoms with van der Waals surface area (Å²) in [4.78, 5) is 76.7. The summed E-state index contributed by atoms with van der Waals surface area (Å²) in [6.07, 6.45) is 0.884. The lowest BCUT2D eigenvalue weighted by molar-refractivity contribution is 0.0686. The molecule has 40 heavy (non-hydrogen) atoms. The molecule has 0 saturated heterocycles. The summed E-state index contributed by atoms with van der Waals surface area (Å²) >= 11 is 0. The minimum Gasteiger partial charge on any atom is -0.508 e. The number of rotatable bonds is 5. The van der Waals surface area contributed by atoms with Crippen LogP contribution in [0.3, 0.4) is 0 Å². The molecule has 0 radical (unpaired) electrons. The number of carboxylic acids is 2. The van der Waals surface area contributed by atoms with Gasteiger partial charge in [-0.1, -0.05) is 0 Å². The number of aromatic carboxylic acids is 2. The topological polar surface area (TPSA) is 210 Å². The number of ketones is 2. The number of carboxylic acid groups (broad SMARTS) is 2. The van der Waals surface area contributed by atoms with Gasteiger partial charge in [0.2, 0.25) is 10.9 Å². The molecule has 0 atom stereocenters. The van der Waals surface area contributed by atoms with E-state index in [9.17, 15) is 49.2 Å². The van der Waals surface area contributed by atoms with E-state index < -0.39 is 78.9 Å². The second-order valence-electron chi connectivity index (χ2n) is 8.88. The van der Waals surface area contributed by atoms with Gasteiger partial charge in [0, 0.05) is 17.2 Å². The minimum atomic E-state index is -1.63. The number of hydrogen-bond donors (Lipinski definition) is 4. The standard InChI is InChI=1S/C28H16O12/c1-9(29)12-7-14-24(33)23-17(4-3-16(32)22(23)28(37)38)40-26(14)19(10(2)30)20(12)15-8-39-18-6-11(31)5-13(27(35)36)21(18)25(15)34/h3-8,31-32H,1-2H3,(H,35,36)(H,37,38). The molecule has 0 amide bonds. The van der Waals surface area contributed by atoms with Gasteiger partial charge in [0.15, 0.2) is 11.6 Å². The zero-order chi connectivity index (χ0) is 29.2. The number of phenolic OH excluding ortho intramolecular Hbond substituents is 1. The lowest BCUT2D eigenvalue weighted by Gasteiger charge is -2.15. The molecule has 5 rings (SSSR count). The van der Waals surface area contributed by atoms with Crippen LogP contribution in [0.4, 0.5) is 0 Å².